The molecule has 0 aliphatic heterocycles. The number of aromatic carboxylic acids is 1. The lowest BCUT2D eigenvalue weighted by Crippen LogP contribution is -1.93. The van der Waals surface area contributed by atoms with Crippen molar-refractivity contribution in [2.24, 2.45) is 0 Å². The molecule has 1 N–H and O–H groups in total. The van der Waals surface area contributed by atoms with Crippen LogP contribution in [0.2, 0.25) is 0 Å². The van der Waals surface area contributed by atoms with Crippen molar-refractivity contribution >= 4 is 40.0 Å². The van der Waals surface area contributed by atoms with Gasteiger partial charge in [-0.15, -0.1) is 24.0 Å². The van der Waals surface area contributed by atoms with E-state index in [1.807, 2.05) is 13.0 Å². The van der Waals surface area contributed by atoms with Crippen LogP contribution in [0.1, 0.15) is 15.9 Å². The van der Waals surface area contributed by atoms with E-state index in [2.05, 4.69) is 12.6 Å². The van der Waals surface area contributed by atoms with Gasteiger partial charge in [0.2, 0.25) is 0 Å². The van der Waals surface area contributed by atoms with Gasteiger partial charge >= 0.3 is 5.97 Å². The molecule has 0 fully saturated rings. The molecule has 0 atom stereocenters. The Labute approximate surface area is 90.6 Å². The maximum absolute atomic E-state index is 10.9. The summed E-state index contributed by atoms with van der Waals surface area (Å²) >= 11 is 5.70. The predicted octanol–water partition coefficient (Wildman–Crippen LogP) is 3.20. The zero-order valence-corrected chi connectivity index (χ0v) is 9.15. The van der Waals surface area contributed by atoms with Gasteiger partial charge in [0.15, 0.2) is 0 Å². The Kier molecular flexibility index (Phi) is 2.25. The highest BCUT2D eigenvalue weighted by atomic mass is 32.1. The third-order valence-electron chi connectivity index (χ3n) is 2.07. The SMILES string of the molecule is Cc1cc(S)cc2c(C(=O)O)csc12. The number of carbonyl (C=O) groups is 1. The lowest BCUT2D eigenvalue weighted by molar-refractivity contribution is 0.0699. The Bertz CT molecular complexity index is 514. The maximum Gasteiger partial charge on any atom is 0.337 e. The fourth-order valence-corrected chi connectivity index (χ4v) is 2.79. The van der Waals surface area contributed by atoms with E-state index in [0.717, 1.165) is 20.5 Å². The summed E-state index contributed by atoms with van der Waals surface area (Å²) in [7, 11) is 0. The largest absolute Gasteiger partial charge is 0.478 e. The van der Waals surface area contributed by atoms with Crippen LogP contribution in [0.4, 0.5) is 0 Å². The van der Waals surface area contributed by atoms with Crippen LogP contribution in [0.5, 0.6) is 0 Å². The van der Waals surface area contributed by atoms with Crippen molar-refractivity contribution in [2.45, 2.75) is 11.8 Å². The summed E-state index contributed by atoms with van der Waals surface area (Å²) in [5.41, 5.74) is 1.44. The van der Waals surface area contributed by atoms with Gasteiger partial charge < -0.3 is 5.11 Å². The van der Waals surface area contributed by atoms with Crippen molar-refractivity contribution in [1.82, 2.24) is 0 Å². The number of rotatable bonds is 1. The van der Waals surface area contributed by atoms with E-state index in [9.17, 15) is 4.79 Å². The molecule has 2 aromatic rings. The van der Waals surface area contributed by atoms with Crippen molar-refractivity contribution in [1.29, 1.82) is 0 Å². The summed E-state index contributed by atoms with van der Waals surface area (Å²) in [5, 5.41) is 11.4. The van der Waals surface area contributed by atoms with E-state index in [4.69, 9.17) is 5.11 Å². The Morgan fingerprint density at radius 3 is 2.86 bits per heavy atom. The van der Waals surface area contributed by atoms with Gasteiger partial charge in [-0.2, -0.15) is 0 Å². The van der Waals surface area contributed by atoms with E-state index in [0.29, 0.717) is 5.56 Å². The van der Waals surface area contributed by atoms with Crippen LogP contribution in [-0.4, -0.2) is 11.1 Å². The molecule has 1 aromatic carbocycles. The summed E-state index contributed by atoms with van der Waals surface area (Å²) in [4.78, 5) is 11.7. The Morgan fingerprint density at radius 1 is 1.50 bits per heavy atom. The van der Waals surface area contributed by atoms with Gasteiger partial charge in [-0.1, -0.05) is 0 Å². The van der Waals surface area contributed by atoms with E-state index in [1.54, 1.807) is 11.4 Å². The summed E-state index contributed by atoms with van der Waals surface area (Å²) < 4.78 is 1.03. The van der Waals surface area contributed by atoms with Gasteiger partial charge in [-0.25, -0.2) is 4.79 Å². The molecular formula is C10H8O2S2. The fraction of sp³-hybridized carbons (Fsp3) is 0.100. The van der Waals surface area contributed by atoms with E-state index >= 15 is 0 Å². The molecule has 0 aliphatic carbocycles. The minimum Gasteiger partial charge on any atom is -0.478 e. The third kappa shape index (κ3) is 1.40. The first-order valence-corrected chi connectivity index (χ1v) is 5.36. The number of carboxylic acid groups (broad SMARTS) is 1. The average molecular weight is 224 g/mol. The van der Waals surface area contributed by atoms with E-state index < -0.39 is 5.97 Å². The van der Waals surface area contributed by atoms with E-state index in [-0.39, 0.29) is 0 Å². The first-order chi connectivity index (χ1) is 6.59. The fourth-order valence-electron chi connectivity index (χ4n) is 1.46. The lowest BCUT2D eigenvalue weighted by Gasteiger charge is -1.98. The van der Waals surface area contributed by atoms with Gasteiger partial charge in [0.1, 0.15) is 0 Å². The molecule has 4 heteroatoms. The molecule has 0 unspecified atom stereocenters. The summed E-state index contributed by atoms with van der Waals surface area (Å²) in [6, 6.07) is 3.74. The van der Waals surface area contributed by atoms with Crippen LogP contribution in [0.25, 0.3) is 10.1 Å². The molecule has 1 heterocycles. The quantitative estimate of drug-likeness (QED) is 0.730. The van der Waals surface area contributed by atoms with Crippen LogP contribution >= 0.6 is 24.0 Å². The third-order valence-corrected chi connectivity index (χ3v) is 3.46. The number of thiol groups is 1. The predicted molar refractivity (Wildman–Crippen MR) is 60.8 cm³/mol. The first kappa shape index (κ1) is 9.55. The minimum atomic E-state index is -0.880. The van der Waals surface area contributed by atoms with Crippen molar-refractivity contribution in [2.75, 3.05) is 0 Å². The Morgan fingerprint density at radius 2 is 2.21 bits per heavy atom. The molecule has 0 bridgehead atoms. The monoisotopic (exact) mass is 224 g/mol. The smallest absolute Gasteiger partial charge is 0.337 e. The lowest BCUT2D eigenvalue weighted by atomic mass is 10.1. The van der Waals surface area contributed by atoms with E-state index in [1.165, 1.54) is 11.3 Å². The number of thiophene rings is 1. The molecule has 0 aliphatic rings. The molecule has 14 heavy (non-hydrogen) atoms. The van der Waals surface area contributed by atoms with Crippen LogP contribution in [0.15, 0.2) is 22.4 Å². The van der Waals surface area contributed by atoms with Crippen LogP contribution < -0.4 is 0 Å². The van der Waals surface area contributed by atoms with Crippen LogP contribution in [0, 0.1) is 6.92 Å². The zero-order valence-electron chi connectivity index (χ0n) is 7.44. The minimum absolute atomic E-state index is 0.365. The second-order valence-electron chi connectivity index (χ2n) is 3.09. The molecule has 0 spiro atoms. The van der Waals surface area contributed by atoms with Crippen molar-refractivity contribution in [3.63, 3.8) is 0 Å². The molecule has 0 saturated carbocycles. The molecule has 0 saturated heterocycles. The number of carboxylic acids is 1. The van der Waals surface area contributed by atoms with Crippen molar-refractivity contribution < 1.29 is 9.90 Å². The number of benzene rings is 1. The second-order valence-corrected chi connectivity index (χ2v) is 4.49. The second kappa shape index (κ2) is 3.29. The van der Waals surface area contributed by atoms with Gasteiger partial charge in [0, 0.05) is 20.4 Å². The Hall–Kier alpha value is -1.000. The van der Waals surface area contributed by atoms with Gasteiger partial charge in [-0.3, -0.25) is 0 Å². The van der Waals surface area contributed by atoms with Gasteiger partial charge in [0.05, 0.1) is 5.56 Å². The highest BCUT2D eigenvalue weighted by Gasteiger charge is 2.12. The summed E-state index contributed by atoms with van der Waals surface area (Å²) in [6.45, 7) is 1.96. The van der Waals surface area contributed by atoms with Gasteiger partial charge in [0.25, 0.3) is 0 Å². The molecular weight excluding hydrogens is 216 g/mol. The topological polar surface area (TPSA) is 37.3 Å². The number of fused-ring (bicyclic) bond motifs is 1. The number of hydrogen-bond donors (Lipinski definition) is 2. The molecule has 72 valence electrons. The van der Waals surface area contributed by atoms with Crippen molar-refractivity contribution in [3.8, 4) is 0 Å². The highest BCUT2D eigenvalue weighted by Crippen LogP contribution is 2.31. The zero-order chi connectivity index (χ0) is 10.3. The summed E-state index contributed by atoms with van der Waals surface area (Å²) in [6.07, 6.45) is 0. The van der Waals surface area contributed by atoms with Crippen molar-refractivity contribution in [3.05, 3.63) is 28.6 Å². The first-order valence-electron chi connectivity index (χ1n) is 4.03. The standard InChI is InChI=1S/C10H8O2S2/c1-5-2-6(13)3-7-8(10(11)12)4-14-9(5)7/h2-4,13H,1H3,(H,11,12). The highest BCUT2D eigenvalue weighted by molar-refractivity contribution is 7.80. The molecule has 2 nitrogen and oxygen atoms in total. The number of aryl methyl sites for hydroxylation is 1. The average Bonchev–Trinajstić information content (AvgIpc) is 2.47. The van der Waals surface area contributed by atoms with Crippen LogP contribution in [0.3, 0.4) is 0 Å². The maximum atomic E-state index is 10.9. The molecule has 1 aromatic heterocycles. The summed E-state index contributed by atoms with van der Waals surface area (Å²) in [5.74, 6) is -0.880. The number of hydrogen-bond acceptors (Lipinski definition) is 3. The molecule has 0 radical (unpaired) electrons. The molecule has 0 amide bonds. The Balaban J connectivity index is 2.85. The molecule has 2 rings (SSSR count). The normalized spacial score (nSPS) is 10.7. The van der Waals surface area contributed by atoms with Gasteiger partial charge in [-0.05, 0) is 24.6 Å². The van der Waals surface area contributed by atoms with Crippen LogP contribution in [-0.2, 0) is 0 Å².